The number of ether oxygens (including phenoxy) is 2. The first-order chi connectivity index (χ1) is 30.3. The van der Waals surface area contributed by atoms with Crippen LogP contribution in [0.4, 0.5) is 10.1 Å². The fraction of sp³-hybridized carbons (Fsp3) is 0.543. The maximum Gasteiger partial charge on any atom is 0.470 e. The van der Waals surface area contributed by atoms with Crippen LogP contribution in [0.25, 0.3) is 0 Å². The van der Waals surface area contributed by atoms with E-state index in [-0.39, 0.29) is 54.5 Å². The topological polar surface area (TPSA) is 241 Å². The van der Waals surface area contributed by atoms with Crippen molar-refractivity contribution in [2.75, 3.05) is 30.3 Å². The molecule has 1 saturated heterocycles. The number of hydrogen-bond donors (Lipinski definition) is 6. The summed E-state index contributed by atoms with van der Waals surface area (Å²) in [5.41, 5.74) is 2.57. The first kappa shape index (κ1) is 48.2. The SMILES string of the molecule is C[C@]12C=CC(=O)C=C1CC[C@H]1[C@@H]3C[C@H]4O[C@@H](c5ccc(Cc6cccc(NC(=O)[C@H](CCCCN)CC(=O)CNC(=O)CBr)c6)cc5)O[C@@]4(C(=O)COP(=O)(O)O)[C@@]3(C)C[C@H](O)[C@@]12F. The molecule has 18 heteroatoms. The average molecular weight is 973 g/mol. The van der Waals surface area contributed by atoms with Gasteiger partial charge in [-0.25, -0.2) is 8.96 Å². The van der Waals surface area contributed by atoms with E-state index in [1.165, 1.54) is 12.2 Å². The fourth-order valence-corrected chi connectivity index (χ4v) is 11.8. The van der Waals surface area contributed by atoms with Crippen LogP contribution in [-0.4, -0.2) is 92.6 Å². The van der Waals surface area contributed by atoms with Crippen LogP contribution in [0.1, 0.15) is 88.2 Å². The van der Waals surface area contributed by atoms with Crippen molar-refractivity contribution in [1.82, 2.24) is 5.32 Å². The van der Waals surface area contributed by atoms with Crippen LogP contribution < -0.4 is 16.4 Å². The van der Waals surface area contributed by atoms with Gasteiger partial charge in [0.15, 0.2) is 34.9 Å². The minimum Gasteiger partial charge on any atom is -0.390 e. The van der Waals surface area contributed by atoms with Crippen molar-refractivity contribution in [2.45, 2.75) is 101 Å². The number of Topliss-reactive ketones (excluding diaryl/α,β-unsaturated/α-hetero) is 2. The molecular formula is C46H56BrFN3O12P. The van der Waals surface area contributed by atoms with E-state index in [0.29, 0.717) is 61.9 Å². The molecule has 4 fully saturated rings. The second kappa shape index (κ2) is 18.8. The molecule has 64 heavy (non-hydrogen) atoms. The van der Waals surface area contributed by atoms with E-state index < -0.39 is 78.6 Å². The van der Waals surface area contributed by atoms with Gasteiger partial charge >= 0.3 is 7.82 Å². The van der Waals surface area contributed by atoms with Crippen molar-refractivity contribution < 1.29 is 61.8 Å². The van der Waals surface area contributed by atoms with Crippen molar-refractivity contribution in [3.63, 3.8) is 0 Å². The van der Waals surface area contributed by atoms with E-state index >= 15 is 4.39 Å². The third kappa shape index (κ3) is 9.04. The van der Waals surface area contributed by atoms with Gasteiger partial charge in [0.2, 0.25) is 11.8 Å². The quantitative estimate of drug-likeness (QED) is 0.0637. The summed E-state index contributed by atoms with van der Waals surface area (Å²) in [5, 5.41) is 17.5. The molecule has 0 bridgehead atoms. The summed E-state index contributed by atoms with van der Waals surface area (Å²) in [6.07, 6.45) is 3.55. The molecule has 10 atom stereocenters. The maximum atomic E-state index is 17.9. The van der Waals surface area contributed by atoms with Crippen LogP contribution in [0.5, 0.6) is 0 Å². The molecule has 4 aliphatic carbocycles. The molecule has 346 valence electrons. The molecule has 1 aliphatic heterocycles. The molecule has 0 radical (unpaired) electrons. The third-order valence-corrected chi connectivity index (χ3v) is 15.4. The van der Waals surface area contributed by atoms with Crippen molar-refractivity contribution in [1.29, 1.82) is 0 Å². The number of alkyl halides is 2. The number of benzene rings is 2. The Kier molecular flexibility index (Phi) is 14.2. The number of unbranched alkanes of at least 4 members (excludes halogenated alkanes) is 1. The Morgan fingerprint density at radius 1 is 1.08 bits per heavy atom. The van der Waals surface area contributed by atoms with Crippen LogP contribution in [0.2, 0.25) is 0 Å². The lowest BCUT2D eigenvalue weighted by atomic mass is 9.44. The molecule has 1 heterocycles. The average Bonchev–Trinajstić information content (AvgIpc) is 3.75. The number of fused-ring (bicyclic) bond motifs is 7. The number of hydrogen-bond acceptors (Lipinski definition) is 11. The summed E-state index contributed by atoms with van der Waals surface area (Å²) in [7, 11) is -5.09. The summed E-state index contributed by atoms with van der Waals surface area (Å²) >= 11 is 3.05. The van der Waals surface area contributed by atoms with Crippen molar-refractivity contribution in [3.8, 4) is 0 Å². The van der Waals surface area contributed by atoms with Crippen molar-refractivity contribution in [2.24, 2.45) is 34.3 Å². The van der Waals surface area contributed by atoms with Gasteiger partial charge in [-0.3, -0.25) is 28.5 Å². The Balaban J connectivity index is 1.07. The van der Waals surface area contributed by atoms with Gasteiger partial charge in [-0.15, -0.1) is 0 Å². The Morgan fingerprint density at radius 2 is 1.83 bits per heavy atom. The van der Waals surface area contributed by atoms with Gasteiger partial charge in [-0.2, -0.15) is 0 Å². The molecule has 15 nitrogen and oxygen atoms in total. The molecular weight excluding hydrogens is 916 g/mol. The monoisotopic (exact) mass is 971 g/mol. The number of anilines is 1. The molecule has 7 N–H and O–H groups in total. The number of halogens is 2. The van der Waals surface area contributed by atoms with Crippen molar-refractivity contribution in [3.05, 3.63) is 89.0 Å². The molecule has 3 saturated carbocycles. The van der Waals surface area contributed by atoms with Gasteiger partial charge in [0.1, 0.15) is 6.61 Å². The second-order valence-corrected chi connectivity index (χ2v) is 20.0. The van der Waals surface area contributed by atoms with Crippen molar-refractivity contribution >= 4 is 58.6 Å². The molecule has 0 spiro atoms. The number of phosphoric acid groups is 1. The van der Waals surface area contributed by atoms with Gasteiger partial charge in [-0.05, 0) is 99.7 Å². The van der Waals surface area contributed by atoms with E-state index in [9.17, 15) is 43.4 Å². The number of rotatable bonds is 18. The smallest absolute Gasteiger partial charge is 0.390 e. The molecule has 0 aromatic heterocycles. The van der Waals surface area contributed by atoms with E-state index in [0.717, 1.165) is 11.1 Å². The maximum absolute atomic E-state index is 17.9. The number of aliphatic hydroxyl groups is 1. The van der Waals surface area contributed by atoms with Crippen LogP contribution in [0, 0.1) is 28.6 Å². The van der Waals surface area contributed by atoms with Crippen LogP contribution in [-0.2, 0) is 49.0 Å². The summed E-state index contributed by atoms with van der Waals surface area (Å²) in [4.78, 5) is 83.5. The number of aliphatic hydroxyl groups excluding tert-OH is 1. The summed E-state index contributed by atoms with van der Waals surface area (Å²) < 4.78 is 47.6. The Hall–Kier alpha value is -3.77. The van der Waals surface area contributed by atoms with Gasteiger partial charge in [-0.1, -0.05) is 77.3 Å². The van der Waals surface area contributed by atoms with Gasteiger partial charge in [0, 0.05) is 40.3 Å². The van der Waals surface area contributed by atoms with Gasteiger partial charge in [0.05, 0.1) is 24.1 Å². The second-order valence-electron chi connectivity index (χ2n) is 18.2. The Labute approximate surface area is 379 Å². The standard InChI is InChI=1S/C46H56BrFN3O12P/c1-43-16-15-33(52)21-31(43)13-14-35-36-22-39-46(38(55)26-61-64(58,59)60,44(36,2)23-37(54)45(35,43)48)63-42(62-39)29-11-9-27(10-12-29)18-28-6-5-8-32(19-28)51-41(57)30(7-3-4-17-49)20-34(53)25-50-40(56)24-47/h5-6,8-12,15-16,19,21,30,35-37,39,42,54H,3-4,7,13-14,17-18,20,22-26,49H2,1-2H3,(H,50,56)(H,51,57)(H2,58,59,60)/t30-,35+,36+,37+,39-,42-,43+,44+,45+,46-/m1/s1. The highest BCUT2D eigenvalue weighted by Gasteiger charge is 2.79. The number of phosphoric ester groups is 1. The first-order valence-corrected chi connectivity index (χ1v) is 24.3. The Morgan fingerprint density at radius 3 is 2.53 bits per heavy atom. The molecule has 5 aliphatic rings. The van der Waals surface area contributed by atoms with Crippen LogP contribution in [0.3, 0.4) is 0 Å². The summed E-state index contributed by atoms with van der Waals surface area (Å²) in [6, 6.07) is 14.6. The molecule has 0 unspecified atom stereocenters. The number of allylic oxidation sites excluding steroid dienone is 4. The first-order valence-electron chi connectivity index (χ1n) is 21.7. The number of carbonyl (C=O) groups excluding carboxylic acids is 5. The number of carbonyl (C=O) groups is 5. The zero-order valence-electron chi connectivity index (χ0n) is 35.8. The number of nitrogens with one attached hydrogen (secondary N) is 2. The lowest BCUT2D eigenvalue weighted by Crippen LogP contribution is -2.69. The third-order valence-electron chi connectivity index (χ3n) is 14.5. The molecule has 7 rings (SSSR count). The number of ketones is 3. The number of amides is 2. The van der Waals surface area contributed by atoms with E-state index in [2.05, 4.69) is 26.6 Å². The lowest BCUT2D eigenvalue weighted by Gasteiger charge is -2.62. The molecule has 2 aromatic rings. The summed E-state index contributed by atoms with van der Waals surface area (Å²) in [6.45, 7) is 2.74. The summed E-state index contributed by atoms with van der Waals surface area (Å²) in [5.74, 6) is -3.85. The largest absolute Gasteiger partial charge is 0.470 e. The van der Waals surface area contributed by atoms with Gasteiger partial charge < -0.3 is 40.7 Å². The normalized spacial score (nSPS) is 32.1. The highest BCUT2D eigenvalue weighted by Crippen LogP contribution is 2.72. The number of nitrogens with two attached hydrogens (primary N) is 1. The molecule has 2 amide bonds. The minimum atomic E-state index is -5.09. The minimum absolute atomic E-state index is 0.0306. The molecule has 2 aromatic carbocycles. The predicted molar refractivity (Wildman–Crippen MR) is 235 cm³/mol. The van der Waals surface area contributed by atoms with Gasteiger partial charge in [0.25, 0.3) is 0 Å². The van der Waals surface area contributed by atoms with Crippen LogP contribution in [0.15, 0.2) is 72.3 Å². The highest BCUT2D eigenvalue weighted by molar-refractivity contribution is 9.09. The van der Waals surface area contributed by atoms with E-state index in [1.54, 1.807) is 38.1 Å². The van der Waals surface area contributed by atoms with Crippen LogP contribution >= 0.6 is 23.8 Å². The predicted octanol–water partition coefficient (Wildman–Crippen LogP) is 5.24. The fourth-order valence-electron chi connectivity index (χ4n) is 11.3. The zero-order chi connectivity index (χ0) is 46.2. The van der Waals surface area contributed by atoms with E-state index in [1.807, 2.05) is 30.3 Å². The zero-order valence-corrected chi connectivity index (χ0v) is 38.3. The van der Waals surface area contributed by atoms with E-state index in [4.69, 9.17) is 19.7 Å². The highest BCUT2D eigenvalue weighted by atomic mass is 79.9. The Bertz CT molecular complexity index is 2270. The lowest BCUT2D eigenvalue weighted by molar-refractivity contribution is -0.231.